The summed E-state index contributed by atoms with van der Waals surface area (Å²) in [6.45, 7) is 3.09. The number of H-pyrrole nitrogens is 1. The summed E-state index contributed by atoms with van der Waals surface area (Å²) in [7, 11) is -4.64. The predicted molar refractivity (Wildman–Crippen MR) is 124 cm³/mol. The number of nitrogens with one attached hydrogen (secondary N) is 1. The summed E-state index contributed by atoms with van der Waals surface area (Å²) in [5.41, 5.74) is 0.241. The first-order valence-electron chi connectivity index (χ1n) is 10.4. The molecule has 178 valence electrons. The summed E-state index contributed by atoms with van der Waals surface area (Å²) < 4.78 is 38.2. The number of hydrogen-bond donors (Lipinski definition) is 3. The molecule has 3 N–H and O–H groups in total. The lowest BCUT2D eigenvalue weighted by Gasteiger charge is -2.25. The molecular formula is C23H23FN3O6P. The van der Waals surface area contributed by atoms with Crippen molar-refractivity contribution in [1.29, 1.82) is 0 Å². The highest BCUT2D eigenvalue weighted by molar-refractivity contribution is 7.46. The highest BCUT2D eigenvalue weighted by Gasteiger charge is 2.29. The average molecular weight is 487 g/mol. The van der Waals surface area contributed by atoms with Crippen molar-refractivity contribution in [3.8, 4) is 22.6 Å². The SMILES string of the molecule is CC(C)(CCOc1ccc(-c2cn(-c3ccccc3)c3nc[nH]c(=O)c23)c(F)c1)OP(=O)(O)O. The molecule has 0 saturated heterocycles. The van der Waals surface area contributed by atoms with Crippen LogP contribution in [0.4, 0.5) is 4.39 Å². The largest absolute Gasteiger partial charge is 0.493 e. The van der Waals surface area contributed by atoms with Crippen LogP contribution in [0.3, 0.4) is 0 Å². The van der Waals surface area contributed by atoms with Gasteiger partial charge in [-0.05, 0) is 38.1 Å². The zero-order valence-electron chi connectivity index (χ0n) is 18.4. The lowest BCUT2D eigenvalue weighted by Crippen LogP contribution is -2.25. The highest BCUT2D eigenvalue weighted by atomic mass is 31.2. The van der Waals surface area contributed by atoms with E-state index in [1.54, 1.807) is 16.8 Å². The number of phosphoric ester groups is 1. The Morgan fingerprint density at radius 3 is 2.56 bits per heavy atom. The monoisotopic (exact) mass is 487 g/mol. The molecule has 0 radical (unpaired) electrons. The molecule has 0 spiro atoms. The maximum atomic E-state index is 15.1. The number of halogens is 1. The van der Waals surface area contributed by atoms with Crippen LogP contribution in [0.15, 0.2) is 65.8 Å². The molecule has 11 heteroatoms. The number of benzene rings is 2. The van der Waals surface area contributed by atoms with Crippen LogP contribution in [0.2, 0.25) is 0 Å². The molecule has 0 bridgehead atoms. The zero-order valence-corrected chi connectivity index (χ0v) is 19.3. The Bertz CT molecular complexity index is 1430. The van der Waals surface area contributed by atoms with Gasteiger partial charge in [-0.2, -0.15) is 0 Å². The predicted octanol–water partition coefficient (Wildman–Crippen LogP) is 4.18. The van der Waals surface area contributed by atoms with Crippen LogP contribution in [-0.2, 0) is 9.09 Å². The fourth-order valence-corrected chi connectivity index (χ4v) is 4.38. The van der Waals surface area contributed by atoms with Gasteiger partial charge in [0.15, 0.2) is 5.65 Å². The average Bonchev–Trinajstić information content (AvgIpc) is 3.13. The fourth-order valence-electron chi connectivity index (χ4n) is 3.65. The van der Waals surface area contributed by atoms with E-state index in [1.807, 2.05) is 30.3 Å². The van der Waals surface area contributed by atoms with Crippen molar-refractivity contribution in [2.24, 2.45) is 0 Å². The minimum atomic E-state index is -4.64. The molecule has 2 aromatic carbocycles. The lowest BCUT2D eigenvalue weighted by molar-refractivity contribution is 0.0462. The van der Waals surface area contributed by atoms with Crippen molar-refractivity contribution < 1.29 is 28.0 Å². The molecule has 2 aromatic heterocycles. The van der Waals surface area contributed by atoms with Crippen molar-refractivity contribution in [1.82, 2.24) is 14.5 Å². The van der Waals surface area contributed by atoms with E-state index >= 15 is 4.39 Å². The fraction of sp³-hybridized carbons (Fsp3) is 0.217. The van der Waals surface area contributed by atoms with Gasteiger partial charge in [0.1, 0.15) is 11.6 Å². The standard InChI is InChI=1S/C23H23FN3O6P/c1-23(2,33-34(29,30)31)10-11-32-16-8-9-17(19(24)12-16)18-13-27(15-6-4-3-5-7-15)21-20(18)22(28)26-14-25-21/h3-9,12-14H,10-11H2,1-2H3,(H,25,26,28)(H2,29,30,31). The number of aromatic amines is 1. The van der Waals surface area contributed by atoms with Crippen LogP contribution < -0.4 is 10.3 Å². The molecule has 0 fully saturated rings. The second-order valence-electron chi connectivity index (χ2n) is 8.26. The minimum Gasteiger partial charge on any atom is -0.493 e. The normalized spacial score (nSPS) is 12.3. The van der Waals surface area contributed by atoms with Gasteiger partial charge >= 0.3 is 7.82 Å². The number of fused-ring (bicyclic) bond motifs is 1. The van der Waals surface area contributed by atoms with Crippen LogP contribution in [0.5, 0.6) is 5.75 Å². The first-order chi connectivity index (χ1) is 16.0. The zero-order chi connectivity index (χ0) is 24.5. The van der Waals surface area contributed by atoms with Crippen molar-refractivity contribution in [3.63, 3.8) is 0 Å². The highest BCUT2D eigenvalue weighted by Crippen LogP contribution is 2.42. The number of para-hydroxylation sites is 1. The van der Waals surface area contributed by atoms with E-state index in [0.717, 1.165) is 5.69 Å². The lowest BCUT2D eigenvalue weighted by atomic mass is 10.1. The van der Waals surface area contributed by atoms with E-state index in [2.05, 4.69) is 9.97 Å². The summed E-state index contributed by atoms with van der Waals surface area (Å²) in [5, 5.41) is 0.259. The van der Waals surface area contributed by atoms with E-state index in [4.69, 9.17) is 19.0 Å². The van der Waals surface area contributed by atoms with E-state index in [9.17, 15) is 9.36 Å². The molecule has 0 unspecified atom stereocenters. The molecule has 0 amide bonds. The molecule has 4 aromatic rings. The Labute approximate surface area is 194 Å². The molecular weight excluding hydrogens is 464 g/mol. The van der Waals surface area contributed by atoms with Crippen LogP contribution in [0.1, 0.15) is 20.3 Å². The van der Waals surface area contributed by atoms with Gasteiger partial charge in [0.05, 0.1) is 23.9 Å². The Balaban J connectivity index is 1.62. The van der Waals surface area contributed by atoms with Gasteiger partial charge in [-0.15, -0.1) is 0 Å². The van der Waals surface area contributed by atoms with Crippen LogP contribution in [0, 0.1) is 5.82 Å². The van der Waals surface area contributed by atoms with Gasteiger partial charge in [0.2, 0.25) is 0 Å². The Hall–Kier alpha value is -3.30. The first kappa shape index (κ1) is 23.8. The number of rotatable bonds is 8. The molecule has 2 heterocycles. The van der Waals surface area contributed by atoms with Gasteiger partial charge in [0.25, 0.3) is 5.56 Å². The van der Waals surface area contributed by atoms with Gasteiger partial charge in [-0.1, -0.05) is 18.2 Å². The van der Waals surface area contributed by atoms with Crippen LogP contribution in [-0.4, -0.2) is 36.5 Å². The van der Waals surface area contributed by atoms with Crippen molar-refractivity contribution in [2.75, 3.05) is 6.61 Å². The minimum absolute atomic E-state index is 0.0443. The molecule has 0 aliphatic carbocycles. The van der Waals surface area contributed by atoms with Crippen molar-refractivity contribution in [2.45, 2.75) is 25.9 Å². The van der Waals surface area contributed by atoms with Crippen molar-refractivity contribution >= 4 is 18.9 Å². The van der Waals surface area contributed by atoms with Crippen LogP contribution in [0.25, 0.3) is 27.8 Å². The van der Waals surface area contributed by atoms with E-state index < -0.39 is 19.2 Å². The summed E-state index contributed by atoms with van der Waals surface area (Å²) in [6, 6.07) is 13.6. The first-order valence-corrected chi connectivity index (χ1v) is 11.9. The third-order valence-electron chi connectivity index (χ3n) is 5.19. The number of ether oxygens (including phenoxy) is 1. The Kier molecular flexibility index (Phi) is 6.42. The maximum absolute atomic E-state index is 15.1. The van der Waals surface area contributed by atoms with E-state index in [1.165, 1.54) is 32.3 Å². The summed E-state index contributed by atoms with van der Waals surface area (Å²) in [6.07, 6.45) is 3.13. The topological polar surface area (TPSA) is 127 Å². The second kappa shape index (κ2) is 9.15. The number of phosphoric acid groups is 1. The molecule has 0 atom stereocenters. The molecule has 9 nitrogen and oxygen atoms in total. The Morgan fingerprint density at radius 1 is 1.15 bits per heavy atom. The molecule has 0 aliphatic rings. The third-order valence-corrected chi connectivity index (χ3v) is 5.92. The molecule has 0 saturated carbocycles. The van der Waals surface area contributed by atoms with Crippen molar-refractivity contribution in [3.05, 3.63) is 77.2 Å². The van der Waals surface area contributed by atoms with Crippen LogP contribution >= 0.6 is 7.82 Å². The number of nitrogens with zero attached hydrogens (tertiary/aromatic N) is 2. The van der Waals surface area contributed by atoms with Gasteiger partial charge < -0.3 is 24.1 Å². The van der Waals surface area contributed by atoms with Gasteiger partial charge in [-0.25, -0.2) is 13.9 Å². The summed E-state index contributed by atoms with van der Waals surface area (Å²) in [4.78, 5) is 37.4. The molecule has 34 heavy (non-hydrogen) atoms. The second-order valence-corrected chi connectivity index (χ2v) is 9.42. The molecule has 0 aliphatic heterocycles. The number of hydrogen-bond acceptors (Lipinski definition) is 5. The molecule has 4 rings (SSSR count). The Morgan fingerprint density at radius 2 is 1.88 bits per heavy atom. The third kappa shape index (κ3) is 5.26. The summed E-state index contributed by atoms with van der Waals surface area (Å²) >= 11 is 0. The number of aromatic nitrogens is 3. The van der Waals surface area contributed by atoms with E-state index in [0.29, 0.717) is 11.2 Å². The summed E-state index contributed by atoms with van der Waals surface area (Å²) in [5.74, 6) is -0.370. The smallest absolute Gasteiger partial charge is 0.470 e. The maximum Gasteiger partial charge on any atom is 0.470 e. The quantitative estimate of drug-likeness (QED) is 0.318. The van der Waals surface area contributed by atoms with Gasteiger partial charge in [0, 0.05) is 35.5 Å². The van der Waals surface area contributed by atoms with Gasteiger partial charge in [-0.3, -0.25) is 9.32 Å². The van der Waals surface area contributed by atoms with E-state index in [-0.39, 0.29) is 35.3 Å².